The summed E-state index contributed by atoms with van der Waals surface area (Å²) < 4.78 is 2.39. The van der Waals surface area contributed by atoms with Crippen LogP contribution in [0.5, 0.6) is 0 Å². The molecule has 20 heavy (non-hydrogen) atoms. The summed E-state index contributed by atoms with van der Waals surface area (Å²) in [5.41, 5.74) is 9.21. The maximum atomic E-state index is 5.74. The van der Waals surface area contributed by atoms with E-state index in [9.17, 15) is 0 Å². The van der Waals surface area contributed by atoms with E-state index in [1.807, 2.05) is 0 Å². The number of aromatic nitrogens is 2. The van der Waals surface area contributed by atoms with Gasteiger partial charge in [-0.05, 0) is 44.9 Å². The summed E-state index contributed by atoms with van der Waals surface area (Å²) >= 11 is 0. The molecule has 110 valence electrons. The molecule has 2 rings (SSSR count). The Morgan fingerprint density at radius 1 is 1.30 bits per heavy atom. The highest BCUT2D eigenvalue weighted by Gasteiger charge is 2.24. The number of rotatable bonds is 4. The lowest BCUT2D eigenvalue weighted by molar-refractivity contribution is 0.382. The predicted octanol–water partition coefficient (Wildman–Crippen LogP) is 4.15. The van der Waals surface area contributed by atoms with Crippen molar-refractivity contribution in [3.8, 4) is 0 Å². The standard InChI is InChI=1S/C17H27N3/c1-6-7-12(2)16-19-14-10-13(11-18)8-9-15(14)20(16)17(3,4)5/h8-10,12H,6-7,11,18H2,1-5H3. The molecule has 0 radical (unpaired) electrons. The number of nitrogens with two attached hydrogens (primary N) is 1. The minimum absolute atomic E-state index is 0.0380. The topological polar surface area (TPSA) is 43.8 Å². The van der Waals surface area contributed by atoms with E-state index in [4.69, 9.17) is 10.7 Å². The molecule has 0 amide bonds. The van der Waals surface area contributed by atoms with Crippen LogP contribution in [0.3, 0.4) is 0 Å². The van der Waals surface area contributed by atoms with E-state index >= 15 is 0 Å². The fourth-order valence-electron chi connectivity index (χ4n) is 2.87. The molecule has 1 aromatic heterocycles. The van der Waals surface area contributed by atoms with Crippen LogP contribution in [0, 0.1) is 0 Å². The Kier molecular flexibility index (Phi) is 4.19. The van der Waals surface area contributed by atoms with Crippen LogP contribution in [0.2, 0.25) is 0 Å². The van der Waals surface area contributed by atoms with Crippen LogP contribution in [0.15, 0.2) is 18.2 Å². The summed E-state index contributed by atoms with van der Waals surface area (Å²) in [6.45, 7) is 11.8. The Morgan fingerprint density at radius 2 is 2.00 bits per heavy atom. The largest absolute Gasteiger partial charge is 0.326 e. The second-order valence-corrected chi connectivity index (χ2v) is 6.69. The number of hydrogen-bond donors (Lipinski definition) is 1. The monoisotopic (exact) mass is 273 g/mol. The maximum absolute atomic E-state index is 5.74. The van der Waals surface area contributed by atoms with Gasteiger partial charge in [0.25, 0.3) is 0 Å². The second-order valence-electron chi connectivity index (χ2n) is 6.69. The van der Waals surface area contributed by atoms with E-state index in [2.05, 4.69) is 57.4 Å². The zero-order valence-corrected chi connectivity index (χ0v) is 13.4. The van der Waals surface area contributed by atoms with E-state index < -0.39 is 0 Å². The molecular formula is C17H27N3. The molecular weight excluding hydrogens is 246 g/mol. The fraction of sp³-hybridized carbons (Fsp3) is 0.588. The Morgan fingerprint density at radius 3 is 2.55 bits per heavy atom. The number of fused-ring (bicyclic) bond motifs is 1. The third kappa shape index (κ3) is 2.73. The third-order valence-electron chi connectivity index (χ3n) is 3.81. The normalized spacial score (nSPS) is 13.9. The van der Waals surface area contributed by atoms with Gasteiger partial charge in [0.2, 0.25) is 0 Å². The molecule has 1 atom stereocenters. The van der Waals surface area contributed by atoms with Crippen molar-refractivity contribution in [1.82, 2.24) is 9.55 Å². The highest BCUT2D eigenvalue weighted by atomic mass is 15.1. The van der Waals surface area contributed by atoms with Gasteiger partial charge < -0.3 is 10.3 Å². The number of benzene rings is 1. The van der Waals surface area contributed by atoms with Gasteiger partial charge in [0.15, 0.2) is 0 Å². The quantitative estimate of drug-likeness (QED) is 0.909. The smallest absolute Gasteiger partial charge is 0.113 e. The van der Waals surface area contributed by atoms with Gasteiger partial charge in [-0.15, -0.1) is 0 Å². The van der Waals surface area contributed by atoms with Crippen molar-refractivity contribution in [1.29, 1.82) is 0 Å². The molecule has 3 nitrogen and oxygen atoms in total. The van der Waals surface area contributed by atoms with Gasteiger partial charge in [-0.3, -0.25) is 0 Å². The van der Waals surface area contributed by atoms with Gasteiger partial charge in [-0.25, -0.2) is 4.98 Å². The summed E-state index contributed by atoms with van der Waals surface area (Å²) in [7, 11) is 0. The molecule has 1 unspecified atom stereocenters. The molecule has 0 aliphatic rings. The van der Waals surface area contributed by atoms with Crippen LogP contribution in [-0.2, 0) is 12.1 Å². The lowest BCUT2D eigenvalue weighted by Gasteiger charge is -2.26. The Balaban J connectivity index is 2.66. The average molecular weight is 273 g/mol. The highest BCUT2D eigenvalue weighted by Crippen LogP contribution is 2.31. The molecule has 0 saturated heterocycles. The zero-order chi connectivity index (χ0) is 14.9. The van der Waals surface area contributed by atoms with Gasteiger partial charge in [0.1, 0.15) is 5.82 Å². The Hall–Kier alpha value is -1.35. The van der Waals surface area contributed by atoms with Crippen molar-refractivity contribution in [3.05, 3.63) is 29.6 Å². The number of hydrogen-bond acceptors (Lipinski definition) is 2. The first-order valence-electron chi connectivity index (χ1n) is 7.60. The van der Waals surface area contributed by atoms with E-state index in [-0.39, 0.29) is 5.54 Å². The second kappa shape index (κ2) is 5.57. The summed E-state index contributed by atoms with van der Waals surface area (Å²) in [4.78, 5) is 4.91. The first-order valence-corrected chi connectivity index (χ1v) is 7.60. The SMILES string of the molecule is CCCC(C)c1nc2cc(CN)ccc2n1C(C)(C)C. The lowest BCUT2D eigenvalue weighted by Crippen LogP contribution is -2.25. The molecule has 3 heteroatoms. The molecule has 0 bridgehead atoms. The lowest BCUT2D eigenvalue weighted by atomic mass is 10.0. The molecule has 0 aliphatic heterocycles. The Bertz CT molecular complexity index is 590. The van der Waals surface area contributed by atoms with E-state index in [0.29, 0.717) is 12.5 Å². The third-order valence-corrected chi connectivity index (χ3v) is 3.81. The minimum Gasteiger partial charge on any atom is -0.326 e. The molecule has 0 fully saturated rings. The predicted molar refractivity (Wildman–Crippen MR) is 85.9 cm³/mol. The van der Waals surface area contributed by atoms with Crippen LogP contribution in [0.1, 0.15) is 64.8 Å². The molecule has 2 N–H and O–H groups in total. The molecule has 1 heterocycles. The molecule has 0 spiro atoms. The number of nitrogens with zero attached hydrogens (tertiary/aromatic N) is 2. The summed E-state index contributed by atoms with van der Waals surface area (Å²) in [6, 6.07) is 6.40. The summed E-state index contributed by atoms with van der Waals surface area (Å²) in [5, 5.41) is 0. The van der Waals surface area contributed by atoms with Gasteiger partial charge in [-0.2, -0.15) is 0 Å². The van der Waals surface area contributed by atoms with E-state index in [1.165, 1.54) is 24.2 Å². The van der Waals surface area contributed by atoms with Crippen molar-refractivity contribution in [2.24, 2.45) is 5.73 Å². The van der Waals surface area contributed by atoms with Gasteiger partial charge >= 0.3 is 0 Å². The summed E-state index contributed by atoms with van der Waals surface area (Å²) in [6.07, 6.45) is 2.35. The maximum Gasteiger partial charge on any atom is 0.113 e. The first-order chi connectivity index (χ1) is 9.38. The van der Waals surface area contributed by atoms with Crippen LogP contribution in [0.4, 0.5) is 0 Å². The van der Waals surface area contributed by atoms with Crippen molar-refractivity contribution >= 4 is 11.0 Å². The highest BCUT2D eigenvalue weighted by molar-refractivity contribution is 5.77. The van der Waals surface area contributed by atoms with Crippen molar-refractivity contribution in [3.63, 3.8) is 0 Å². The molecule has 0 aliphatic carbocycles. The van der Waals surface area contributed by atoms with Crippen molar-refractivity contribution in [2.75, 3.05) is 0 Å². The Labute approximate surface area is 122 Å². The van der Waals surface area contributed by atoms with Crippen LogP contribution in [-0.4, -0.2) is 9.55 Å². The average Bonchev–Trinajstić information content (AvgIpc) is 2.76. The van der Waals surface area contributed by atoms with Crippen molar-refractivity contribution < 1.29 is 0 Å². The van der Waals surface area contributed by atoms with Crippen LogP contribution >= 0.6 is 0 Å². The first kappa shape index (κ1) is 15.0. The zero-order valence-electron chi connectivity index (χ0n) is 13.4. The van der Waals surface area contributed by atoms with Crippen molar-refractivity contribution in [2.45, 2.75) is 65.5 Å². The minimum atomic E-state index is 0.0380. The summed E-state index contributed by atoms with van der Waals surface area (Å²) in [5.74, 6) is 1.68. The van der Waals surface area contributed by atoms with E-state index in [1.54, 1.807) is 0 Å². The van der Waals surface area contributed by atoms with Gasteiger partial charge in [0.05, 0.1) is 11.0 Å². The fourth-order valence-corrected chi connectivity index (χ4v) is 2.87. The molecule has 2 aromatic rings. The molecule has 1 aromatic carbocycles. The van der Waals surface area contributed by atoms with Crippen LogP contribution in [0.25, 0.3) is 11.0 Å². The van der Waals surface area contributed by atoms with Crippen LogP contribution < -0.4 is 5.73 Å². The van der Waals surface area contributed by atoms with E-state index in [0.717, 1.165) is 11.1 Å². The van der Waals surface area contributed by atoms with Gasteiger partial charge in [-0.1, -0.05) is 26.3 Å². The van der Waals surface area contributed by atoms with Gasteiger partial charge in [0, 0.05) is 18.0 Å². The molecule has 0 saturated carbocycles. The number of imidazole rings is 1.